The normalized spacial score (nSPS) is 10.6. The Balaban J connectivity index is 1.53. The average Bonchev–Trinajstić information content (AvgIpc) is 2.90. The van der Waals surface area contributed by atoms with Crippen LogP contribution in [0.25, 0.3) is 10.8 Å². The number of aryl methyl sites for hydroxylation is 2. The van der Waals surface area contributed by atoms with Crippen LogP contribution in [0.4, 0.5) is 0 Å². The topological polar surface area (TPSA) is 76.0 Å². The van der Waals surface area contributed by atoms with Crippen molar-refractivity contribution in [3.05, 3.63) is 65.5 Å². The van der Waals surface area contributed by atoms with Crippen LogP contribution in [0.2, 0.25) is 0 Å². The molecule has 0 unspecified atom stereocenters. The maximum absolute atomic E-state index is 12.0. The van der Waals surface area contributed by atoms with E-state index in [1.807, 2.05) is 62.4 Å². The van der Waals surface area contributed by atoms with Crippen molar-refractivity contribution >= 4 is 22.6 Å². The van der Waals surface area contributed by atoms with E-state index in [1.54, 1.807) is 4.68 Å². The molecule has 0 radical (unpaired) electrons. The van der Waals surface area contributed by atoms with Gasteiger partial charge in [0.05, 0.1) is 12.1 Å². The molecule has 0 aliphatic heterocycles. The van der Waals surface area contributed by atoms with Gasteiger partial charge < -0.3 is 0 Å². The highest BCUT2D eigenvalue weighted by molar-refractivity contribution is 5.86. The third-order valence-electron chi connectivity index (χ3n) is 3.92. The Morgan fingerprint density at radius 2 is 1.68 bits per heavy atom. The van der Waals surface area contributed by atoms with Crippen LogP contribution in [0.3, 0.4) is 0 Å². The summed E-state index contributed by atoms with van der Waals surface area (Å²) in [6, 6.07) is 15.8. The van der Waals surface area contributed by atoms with Gasteiger partial charge in [0.2, 0.25) is 5.91 Å². The first-order chi connectivity index (χ1) is 12.0. The van der Waals surface area contributed by atoms with Crippen LogP contribution in [0.15, 0.2) is 48.5 Å². The summed E-state index contributed by atoms with van der Waals surface area (Å²) in [5, 5.41) is 6.43. The Morgan fingerprint density at radius 1 is 0.960 bits per heavy atom. The van der Waals surface area contributed by atoms with E-state index < -0.39 is 0 Å². The largest absolute Gasteiger partial charge is 0.273 e. The van der Waals surface area contributed by atoms with Crippen molar-refractivity contribution < 1.29 is 9.59 Å². The van der Waals surface area contributed by atoms with Gasteiger partial charge in [-0.15, -0.1) is 0 Å². The Bertz CT molecular complexity index is 930. The second-order valence-corrected chi connectivity index (χ2v) is 6.04. The number of nitrogens with zero attached hydrogens (tertiary/aromatic N) is 2. The smallest absolute Gasteiger partial charge is 0.260 e. The van der Waals surface area contributed by atoms with Gasteiger partial charge >= 0.3 is 0 Å². The van der Waals surface area contributed by atoms with E-state index in [4.69, 9.17) is 0 Å². The molecule has 1 heterocycles. The lowest BCUT2D eigenvalue weighted by atomic mass is 10.1. The Kier molecular flexibility index (Phi) is 4.79. The second kappa shape index (κ2) is 7.17. The van der Waals surface area contributed by atoms with Crippen LogP contribution < -0.4 is 10.9 Å². The predicted octanol–water partition coefficient (Wildman–Crippen LogP) is 2.04. The lowest BCUT2D eigenvalue weighted by molar-refractivity contribution is -0.129. The SMILES string of the molecule is Cc1cc(C)n(CC(=O)NNC(=O)Cc2ccc3ccccc3c2)n1. The monoisotopic (exact) mass is 336 g/mol. The fourth-order valence-electron chi connectivity index (χ4n) is 2.73. The van der Waals surface area contributed by atoms with Crippen molar-refractivity contribution in [2.45, 2.75) is 26.8 Å². The van der Waals surface area contributed by atoms with Gasteiger partial charge in [0.25, 0.3) is 5.91 Å². The zero-order chi connectivity index (χ0) is 17.8. The molecule has 0 spiro atoms. The highest BCUT2D eigenvalue weighted by atomic mass is 16.2. The summed E-state index contributed by atoms with van der Waals surface area (Å²) in [6.07, 6.45) is 0.199. The van der Waals surface area contributed by atoms with Crippen LogP contribution in [0.5, 0.6) is 0 Å². The molecule has 25 heavy (non-hydrogen) atoms. The van der Waals surface area contributed by atoms with Crippen molar-refractivity contribution in [2.75, 3.05) is 0 Å². The molecule has 2 N–H and O–H groups in total. The summed E-state index contributed by atoms with van der Waals surface area (Å²) in [5.41, 5.74) is 7.51. The molecule has 0 aliphatic rings. The molecule has 0 atom stereocenters. The summed E-state index contributed by atoms with van der Waals surface area (Å²) in [5.74, 6) is -0.588. The molecule has 128 valence electrons. The first-order valence-corrected chi connectivity index (χ1v) is 8.08. The number of hydrazine groups is 1. The third kappa shape index (κ3) is 4.23. The van der Waals surface area contributed by atoms with Crippen LogP contribution in [0, 0.1) is 13.8 Å². The number of carbonyl (C=O) groups excluding carboxylic acids is 2. The molecule has 0 fully saturated rings. The first kappa shape index (κ1) is 16.7. The van der Waals surface area contributed by atoms with Crippen LogP contribution in [0.1, 0.15) is 17.0 Å². The van der Waals surface area contributed by atoms with E-state index in [0.717, 1.165) is 27.7 Å². The Hall–Kier alpha value is -3.15. The lowest BCUT2D eigenvalue weighted by Crippen LogP contribution is -2.44. The van der Waals surface area contributed by atoms with Gasteiger partial charge in [-0.05, 0) is 36.2 Å². The number of rotatable bonds is 4. The predicted molar refractivity (Wildman–Crippen MR) is 95.6 cm³/mol. The number of hydrogen-bond acceptors (Lipinski definition) is 3. The van der Waals surface area contributed by atoms with Crippen molar-refractivity contribution in [3.63, 3.8) is 0 Å². The molecular weight excluding hydrogens is 316 g/mol. The number of fused-ring (bicyclic) bond motifs is 1. The quantitative estimate of drug-likeness (QED) is 0.716. The molecule has 6 heteroatoms. The van der Waals surface area contributed by atoms with Gasteiger partial charge in [0.1, 0.15) is 6.54 Å². The van der Waals surface area contributed by atoms with E-state index in [1.165, 1.54) is 0 Å². The molecule has 0 aliphatic carbocycles. The standard InChI is InChI=1S/C19H20N4O2/c1-13-9-14(2)23(22-13)12-19(25)21-20-18(24)11-15-7-8-16-5-3-4-6-17(16)10-15/h3-10H,11-12H2,1-2H3,(H,20,24)(H,21,25). The third-order valence-corrected chi connectivity index (χ3v) is 3.92. The minimum Gasteiger partial charge on any atom is -0.273 e. The van der Waals surface area contributed by atoms with E-state index >= 15 is 0 Å². The first-order valence-electron chi connectivity index (χ1n) is 8.08. The lowest BCUT2D eigenvalue weighted by Gasteiger charge is -2.09. The summed E-state index contributed by atoms with van der Waals surface area (Å²) >= 11 is 0. The molecule has 6 nitrogen and oxygen atoms in total. The van der Waals surface area contributed by atoms with Crippen molar-refractivity contribution in [3.8, 4) is 0 Å². The number of hydrogen-bond donors (Lipinski definition) is 2. The number of aromatic nitrogens is 2. The highest BCUT2D eigenvalue weighted by Crippen LogP contribution is 2.15. The highest BCUT2D eigenvalue weighted by Gasteiger charge is 2.09. The Morgan fingerprint density at radius 3 is 2.40 bits per heavy atom. The zero-order valence-electron chi connectivity index (χ0n) is 14.2. The van der Waals surface area contributed by atoms with Gasteiger partial charge in [-0.25, -0.2) is 0 Å². The number of amides is 2. The minimum atomic E-state index is -0.321. The van der Waals surface area contributed by atoms with Crippen LogP contribution in [-0.4, -0.2) is 21.6 Å². The van der Waals surface area contributed by atoms with E-state index in [9.17, 15) is 9.59 Å². The average molecular weight is 336 g/mol. The van der Waals surface area contributed by atoms with Crippen LogP contribution in [-0.2, 0) is 22.6 Å². The van der Waals surface area contributed by atoms with Gasteiger partial charge in [-0.1, -0.05) is 42.5 Å². The van der Waals surface area contributed by atoms with Crippen molar-refractivity contribution in [1.29, 1.82) is 0 Å². The molecule has 1 aromatic heterocycles. The minimum absolute atomic E-state index is 0.0654. The summed E-state index contributed by atoms with van der Waals surface area (Å²) < 4.78 is 1.60. The fourth-order valence-corrected chi connectivity index (χ4v) is 2.73. The molecular formula is C19H20N4O2. The van der Waals surface area contributed by atoms with Crippen molar-refractivity contribution in [1.82, 2.24) is 20.6 Å². The summed E-state index contributed by atoms with van der Waals surface area (Å²) in [6.45, 7) is 3.81. The maximum atomic E-state index is 12.0. The van der Waals surface area contributed by atoms with Gasteiger partial charge in [0, 0.05) is 5.69 Å². The number of nitrogens with one attached hydrogen (secondary N) is 2. The molecule has 3 aromatic rings. The summed E-state index contributed by atoms with van der Waals surface area (Å²) in [4.78, 5) is 23.9. The van der Waals surface area contributed by atoms with Crippen LogP contribution >= 0.6 is 0 Å². The van der Waals surface area contributed by atoms with E-state index in [0.29, 0.717) is 0 Å². The molecule has 0 bridgehead atoms. The second-order valence-electron chi connectivity index (χ2n) is 6.04. The number of benzene rings is 2. The van der Waals surface area contributed by atoms with Gasteiger partial charge in [0.15, 0.2) is 0 Å². The summed E-state index contributed by atoms with van der Waals surface area (Å²) in [7, 11) is 0. The zero-order valence-corrected chi connectivity index (χ0v) is 14.2. The van der Waals surface area contributed by atoms with E-state index in [-0.39, 0.29) is 24.8 Å². The fraction of sp³-hybridized carbons (Fsp3) is 0.211. The maximum Gasteiger partial charge on any atom is 0.260 e. The molecule has 2 aromatic carbocycles. The van der Waals surface area contributed by atoms with Gasteiger partial charge in [-0.3, -0.25) is 25.1 Å². The van der Waals surface area contributed by atoms with E-state index in [2.05, 4.69) is 16.0 Å². The molecule has 0 saturated carbocycles. The Labute approximate surface area is 145 Å². The van der Waals surface area contributed by atoms with Gasteiger partial charge in [-0.2, -0.15) is 5.10 Å². The van der Waals surface area contributed by atoms with Crippen molar-refractivity contribution in [2.24, 2.45) is 0 Å². The molecule has 3 rings (SSSR count). The number of carbonyl (C=O) groups is 2. The molecule has 2 amide bonds. The molecule has 0 saturated heterocycles.